The number of likely N-dealkylation sites (tertiary alicyclic amines) is 1. The summed E-state index contributed by atoms with van der Waals surface area (Å²) in [5.74, 6) is 0.472. The largest absolute Gasteiger partial charge is 0.492 e. The Morgan fingerprint density at radius 1 is 1.26 bits per heavy atom. The molecule has 0 radical (unpaired) electrons. The lowest BCUT2D eigenvalue weighted by Gasteiger charge is -2.44. The molecule has 2 aliphatic heterocycles. The first-order valence-corrected chi connectivity index (χ1v) is 11.7. The van der Waals surface area contributed by atoms with Gasteiger partial charge in [0.15, 0.2) is 0 Å². The predicted octanol–water partition coefficient (Wildman–Crippen LogP) is 2.83. The molecule has 1 spiro atoms. The van der Waals surface area contributed by atoms with Crippen molar-refractivity contribution < 1.29 is 13.2 Å². The molecule has 0 atom stereocenters. The van der Waals surface area contributed by atoms with Gasteiger partial charge in [-0.2, -0.15) is 4.31 Å². The standard InChI is InChI=1S/C19H25N3O3S2/c1-2-22-14-19(7-10-21(11-8-19)13-18-20-9-12-26-18)15-25-16-5-3-4-6-17(16)27(22,23)24/h3-6,9,12H,2,7-8,10-11,13-15H2,1H3. The highest BCUT2D eigenvalue weighted by molar-refractivity contribution is 7.89. The Bertz CT molecular complexity index is 875. The van der Waals surface area contributed by atoms with Crippen LogP contribution in [0, 0.1) is 5.41 Å². The van der Waals surface area contributed by atoms with E-state index < -0.39 is 10.0 Å². The zero-order valence-corrected chi connectivity index (χ0v) is 17.1. The minimum atomic E-state index is -3.54. The number of nitrogens with zero attached hydrogens (tertiary/aromatic N) is 3. The maximum atomic E-state index is 13.1. The zero-order valence-electron chi connectivity index (χ0n) is 15.5. The highest BCUT2D eigenvalue weighted by atomic mass is 32.2. The van der Waals surface area contributed by atoms with Crippen LogP contribution in [0.25, 0.3) is 0 Å². The van der Waals surface area contributed by atoms with Crippen LogP contribution in [0.15, 0.2) is 40.7 Å². The van der Waals surface area contributed by atoms with Crippen molar-refractivity contribution in [2.75, 3.05) is 32.8 Å². The van der Waals surface area contributed by atoms with E-state index >= 15 is 0 Å². The minimum absolute atomic E-state index is 0.143. The van der Waals surface area contributed by atoms with Crippen LogP contribution in [-0.2, 0) is 16.6 Å². The fourth-order valence-electron chi connectivity index (χ4n) is 3.95. The Hall–Kier alpha value is -1.48. The van der Waals surface area contributed by atoms with Crippen molar-refractivity contribution in [2.24, 2.45) is 5.41 Å². The second-order valence-corrected chi connectivity index (χ2v) is 10.3. The first-order chi connectivity index (χ1) is 13.0. The predicted molar refractivity (Wildman–Crippen MR) is 105 cm³/mol. The molecule has 3 heterocycles. The summed E-state index contributed by atoms with van der Waals surface area (Å²) in [7, 11) is -3.54. The second-order valence-electron chi connectivity index (χ2n) is 7.37. The molecule has 6 nitrogen and oxygen atoms in total. The maximum Gasteiger partial charge on any atom is 0.246 e. The molecule has 2 aliphatic rings. The number of aromatic nitrogens is 1. The van der Waals surface area contributed by atoms with E-state index in [1.807, 2.05) is 24.6 Å². The molecule has 2 aromatic rings. The lowest BCUT2D eigenvalue weighted by Crippen LogP contribution is -2.51. The lowest BCUT2D eigenvalue weighted by atomic mass is 9.79. The molecular formula is C19H25N3O3S2. The third-order valence-corrected chi connectivity index (χ3v) is 8.35. The topological polar surface area (TPSA) is 62.7 Å². The van der Waals surface area contributed by atoms with Gasteiger partial charge in [0.05, 0.1) is 13.2 Å². The first-order valence-electron chi connectivity index (χ1n) is 9.35. The van der Waals surface area contributed by atoms with Crippen molar-refractivity contribution in [2.45, 2.75) is 31.2 Å². The third-order valence-electron chi connectivity index (χ3n) is 5.62. The van der Waals surface area contributed by atoms with Crippen molar-refractivity contribution in [3.63, 3.8) is 0 Å². The third kappa shape index (κ3) is 3.76. The zero-order chi connectivity index (χ0) is 18.9. The number of hydrogen-bond donors (Lipinski definition) is 0. The summed E-state index contributed by atoms with van der Waals surface area (Å²) in [6.07, 6.45) is 3.69. The minimum Gasteiger partial charge on any atom is -0.492 e. The van der Waals surface area contributed by atoms with Gasteiger partial charge in [0.25, 0.3) is 0 Å². The number of hydrogen-bond acceptors (Lipinski definition) is 6. The Morgan fingerprint density at radius 2 is 2.04 bits per heavy atom. The lowest BCUT2D eigenvalue weighted by molar-refractivity contribution is 0.0333. The van der Waals surface area contributed by atoms with Crippen molar-refractivity contribution in [1.29, 1.82) is 0 Å². The van der Waals surface area contributed by atoms with Crippen molar-refractivity contribution in [1.82, 2.24) is 14.2 Å². The van der Waals surface area contributed by atoms with Gasteiger partial charge in [-0.1, -0.05) is 19.1 Å². The molecule has 8 heteroatoms. The van der Waals surface area contributed by atoms with Gasteiger partial charge in [-0.05, 0) is 38.1 Å². The summed E-state index contributed by atoms with van der Waals surface area (Å²) in [4.78, 5) is 7.06. The molecule has 0 saturated carbocycles. The van der Waals surface area contributed by atoms with E-state index in [4.69, 9.17) is 4.74 Å². The van der Waals surface area contributed by atoms with Gasteiger partial charge in [-0.15, -0.1) is 11.3 Å². The van der Waals surface area contributed by atoms with Gasteiger partial charge in [-0.25, -0.2) is 13.4 Å². The number of fused-ring (bicyclic) bond motifs is 1. The monoisotopic (exact) mass is 407 g/mol. The number of rotatable bonds is 3. The molecule has 0 aliphatic carbocycles. The van der Waals surface area contributed by atoms with E-state index in [9.17, 15) is 8.42 Å². The first kappa shape index (κ1) is 18.9. The van der Waals surface area contributed by atoms with Crippen LogP contribution in [-0.4, -0.2) is 55.4 Å². The fourth-order valence-corrected chi connectivity index (χ4v) is 6.30. The quantitative estimate of drug-likeness (QED) is 0.783. The number of thiazole rings is 1. The Kier molecular flexibility index (Phi) is 5.24. The summed E-state index contributed by atoms with van der Waals surface area (Å²) < 4.78 is 34.0. The van der Waals surface area contributed by atoms with E-state index in [0.29, 0.717) is 25.4 Å². The van der Waals surface area contributed by atoms with Crippen molar-refractivity contribution >= 4 is 21.4 Å². The molecule has 1 fully saturated rings. The molecule has 1 saturated heterocycles. The van der Waals surface area contributed by atoms with E-state index in [1.54, 1.807) is 33.8 Å². The molecule has 0 unspecified atom stereocenters. The fraction of sp³-hybridized carbons (Fsp3) is 0.526. The van der Waals surface area contributed by atoms with Crippen molar-refractivity contribution in [3.05, 3.63) is 40.8 Å². The molecule has 0 amide bonds. The number of sulfonamides is 1. The Labute approximate surface area is 164 Å². The molecule has 0 bridgehead atoms. The van der Waals surface area contributed by atoms with Crippen LogP contribution in [0.3, 0.4) is 0 Å². The highest BCUT2D eigenvalue weighted by Gasteiger charge is 2.42. The summed E-state index contributed by atoms with van der Waals surface area (Å²) in [6, 6.07) is 6.98. The summed E-state index contributed by atoms with van der Waals surface area (Å²) in [5, 5.41) is 3.14. The number of para-hydroxylation sites is 1. The van der Waals surface area contributed by atoms with Crippen LogP contribution in [0.4, 0.5) is 0 Å². The van der Waals surface area contributed by atoms with Crippen LogP contribution in [0.1, 0.15) is 24.8 Å². The highest BCUT2D eigenvalue weighted by Crippen LogP contribution is 2.39. The van der Waals surface area contributed by atoms with Gasteiger partial charge in [0, 0.05) is 30.1 Å². The molecule has 0 N–H and O–H groups in total. The van der Waals surface area contributed by atoms with Crippen LogP contribution in [0.5, 0.6) is 5.75 Å². The molecule has 146 valence electrons. The Balaban J connectivity index is 1.55. The van der Waals surface area contributed by atoms with E-state index in [-0.39, 0.29) is 10.3 Å². The molecular weight excluding hydrogens is 382 g/mol. The number of benzene rings is 1. The normalized spacial score (nSPS) is 22.6. The number of ether oxygens (including phenoxy) is 1. The van der Waals surface area contributed by atoms with Crippen LogP contribution < -0.4 is 4.74 Å². The van der Waals surface area contributed by atoms with Crippen LogP contribution >= 0.6 is 11.3 Å². The van der Waals surface area contributed by atoms with E-state index in [0.717, 1.165) is 37.5 Å². The number of piperidine rings is 1. The molecule has 27 heavy (non-hydrogen) atoms. The van der Waals surface area contributed by atoms with Crippen LogP contribution in [0.2, 0.25) is 0 Å². The van der Waals surface area contributed by atoms with Gasteiger partial charge >= 0.3 is 0 Å². The maximum absolute atomic E-state index is 13.1. The van der Waals surface area contributed by atoms with Gasteiger partial charge in [-0.3, -0.25) is 4.90 Å². The van der Waals surface area contributed by atoms with Gasteiger partial charge < -0.3 is 4.74 Å². The summed E-state index contributed by atoms with van der Waals surface area (Å²) in [6.45, 7) is 6.19. The van der Waals surface area contributed by atoms with Gasteiger partial charge in [0.1, 0.15) is 15.7 Å². The Morgan fingerprint density at radius 3 is 2.74 bits per heavy atom. The SMILES string of the molecule is CCN1CC2(CCN(Cc3nccs3)CC2)COc2ccccc2S1(=O)=O. The summed E-state index contributed by atoms with van der Waals surface area (Å²) in [5.41, 5.74) is -0.143. The molecule has 1 aromatic carbocycles. The van der Waals surface area contributed by atoms with E-state index in [2.05, 4.69) is 9.88 Å². The molecule has 4 rings (SSSR count). The summed E-state index contributed by atoms with van der Waals surface area (Å²) >= 11 is 1.68. The average molecular weight is 408 g/mol. The van der Waals surface area contributed by atoms with E-state index in [1.165, 1.54) is 0 Å². The average Bonchev–Trinajstić information content (AvgIpc) is 3.19. The smallest absolute Gasteiger partial charge is 0.246 e. The second kappa shape index (κ2) is 7.50. The van der Waals surface area contributed by atoms with Gasteiger partial charge in [0.2, 0.25) is 10.0 Å². The van der Waals surface area contributed by atoms with Crippen molar-refractivity contribution in [3.8, 4) is 5.75 Å². The molecule has 1 aromatic heterocycles.